The SMILES string of the molecule is CCC1=C(C(=O)Cl)C(C)(C)CC=C1. The van der Waals surface area contributed by atoms with Crippen molar-refractivity contribution in [1.29, 1.82) is 0 Å². The second-order valence-corrected chi connectivity index (χ2v) is 4.36. The average molecular weight is 199 g/mol. The molecule has 0 spiro atoms. The van der Waals surface area contributed by atoms with E-state index in [0.29, 0.717) is 0 Å². The Hall–Kier alpha value is -0.560. The summed E-state index contributed by atoms with van der Waals surface area (Å²) in [5, 5.41) is -0.300. The van der Waals surface area contributed by atoms with E-state index in [1.807, 2.05) is 13.0 Å². The lowest BCUT2D eigenvalue weighted by Crippen LogP contribution is -2.22. The number of carbonyl (C=O) groups is 1. The maximum absolute atomic E-state index is 11.3. The van der Waals surface area contributed by atoms with Crippen LogP contribution in [0.15, 0.2) is 23.3 Å². The largest absolute Gasteiger partial charge is 0.276 e. The molecule has 0 aromatic heterocycles. The molecule has 1 rings (SSSR count). The van der Waals surface area contributed by atoms with Crippen LogP contribution in [0.5, 0.6) is 0 Å². The normalized spacial score (nSPS) is 20.6. The Bertz CT molecular complexity index is 284. The van der Waals surface area contributed by atoms with Gasteiger partial charge in [-0.25, -0.2) is 0 Å². The van der Waals surface area contributed by atoms with Gasteiger partial charge in [0.2, 0.25) is 5.24 Å². The Labute approximate surface area is 84.5 Å². The number of hydrogen-bond donors (Lipinski definition) is 0. The first kappa shape index (κ1) is 10.5. The van der Waals surface area contributed by atoms with Crippen LogP contribution < -0.4 is 0 Å². The zero-order chi connectivity index (χ0) is 10.1. The van der Waals surface area contributed by atoms with Crippen molar-refractivity contribution in [3.05, 3.63) is 23.3 Å². The van der Waals surface area contributed by atoms with Crippen LogP contribution in [-0.4, -0.2) is 5.24 Å². The molecule has 0 radical (unpaired) electrons. The first-order valence-electron chi connectivity index (χ1n) is 4.59. The van der Waals surface area contributed by atoms with E-state index in [4.69, 9.17) is 11.6 Å². The number of rotatable bonds is 2. The molecular weight excluding hydrogens is 184 g/mol. The molecule has 0 saturated carbocycles. The topological polar surface area (TPSA) is 17.1 Å². The minimum atomic E-state index is -0.300. The lowest BCUT2D eigenvalue weighted by Gasteiger charge is -2.29. The van der Waals surface area contributed by atoms with Crippen LogP contribution in [0.2, 0.25) is 0 Å². The zero-order valence-electron chi connectivity index (χ0n) is 8.36. The molecule has 0 amide bonds. The van der Waals surface area contributed by atoms with Crippen molar-refractivity contribution in [2.75, 3.05) is 0 Å². The van der Waals surface area contributed by atoms with Crippen LogP contribution in [0.25, 0.3) is 0 Å². The summed E-state index contributed by atoms with van der Waals surface area (Å²) >= 11 is 5.58. The van der Waals surface area contributed by atoms with E-state index in [0.717, 1.165) is 24.0 Å². The van der Waals surface area contributed by atoms with Crippen molar-refractivity contribution in [2.45, 2.75) is 33.6 Å². The third kappa shape index (κ3) is 2.02. The van der Waals surface area contributed by atoms with Crippen LogP contribution in [0.4, 0.5) is 0 Å². The van der Waals surface area contributed by atoms with E-state index in [1.165, 1.54) is 0 Å². The van der Waals surface area contributed by atoms with Crippen LogP contribution in [0, 0.1) is 5.41 Å². The van der Waals surface area contributed by atoms with Crippen molar-refractivity contribution in [3.8, 4) is 0 Å². The molecule has 0 unspecified atom stereocenters. The lowest BCUT2D eigenvalue weighted by atomic mass is 9.75. The molecule has 0 saturated heterocycles. The molecule has 1 aliphatic rings. The van der Waals surface area contributed by atoms with E-state index < -0.39 is 0 Å². The summed E-state index contributed by atoms with van der Waals surface area (Å²) in [6.07, 6.45) is 5.89. The van der Waals surface area contributed by atoms with Gasteiger partial charge in [-0.3, -0.25) is 4.79 Å². The summed E-state index contributed by atoms with van der Waals surface area (Å²) in [6.45, 7) is 6.16. The van der Waals surface area contributed by atoms with Crippen molar-refractivity contribution in [1.82, 2.24) is 0 Å². The first-order chi connectivity index (χ1) is 5.99. The molecule has 1 aliphatic carbocycles. The van der Waals surface area contributed by atoms with E-state index in [1.54, 1.807) is 0 Å². The van der Waals surface area contributed by atoms with Gasteiger partial charge in [0.05, 0.1) is 0 Å². The minimum Gasteiger partial charge on any atom is -0.276 e. The van der Waals surface area contributed by atoms with Crippen molar-refractivity contribution >= 4 is 16.8 Å². The van der Waals surface area contributed by atoms with Gasteiger partial charge in [-0.15, -0.1) is 0 Å². The quantitative estimate of drug-likeness (QED) is 0.622. The van der Waals surface area contributed by atoms with Crippen molar-refractivity contribution < 1.29 is 4.79 Å². The van der Waals surface area contributed by atoms with Gasteiger partial charge in [0.25, 0.3) is 0 Å². The number of hydrogen-bond acceptors (Lipinski definition) is 1. The average Bonchev–Trinajstić information content (AvgIpc) is 2.01. The molecule has 0 N–H and O–H groups in total. The molecule has 0 aromatic rings. The molecule has 1 nitrogen and oxygen atoms in total. The van der Waals surface area contributed by atoms with E-state index >= 15 is 0 Å². The van der Waals surface area contributed by atoms with Gasteiger partial charge < -0.3 is 0 Å². The van der Waals surface area contributed by atoms with Gasteiger partial charge >= 0.3 is 0 Å². The summed E-state index contributed by atoms with van der Waals surface area (Å²) in [5.41, 5.74) is 1.77. The predicted octanol–water partition coefficient (Wildman–Crippen LogP) is 3.44. The predicted molar refractivity (Wildman–Crippen MR) is 55.7 cm³/mol. The summed E-state index contributed by atoms with van der Waals surface area (Å²) in [6, 6.07) is 0. The molecule has 0 atom stereocenters. The zero-order valence-corrected chi connectivity index (χ0v) is 9.11. The monoisotopic (exact) mass is 198 g/mol. The Kier molecular flexibility index (Phi) is 2.97. The summed E-state index contributed by atoms with van der Waals surface area (Å²) in [7, 11) is 0. The molecule has 0 heterocycles. The fourth-order valence-corrected chi connectivity index (χ4v) is 2.18. The Morgan fingerprint density at radius 3 is 2.62 bits per heavy atom. The van der Waals surface area contributed by atoms with Gasteiger partial charge in [0.1, 0.15) is 0 Å². The fourth-order valence-electron chi connectivity index (χ4n) is 1.80. The maximum Gasteiger partial charge on any atom is 0.249 e. The van der Waals surface area contributed by atoms with Gasteiger partial charge in [0, 0.05) is 5.57 Å². The molecule has 2 heteroatoms. The third-order valence-electron chi connectivity index (χ3n) is 2.52. The number of allylic oxidation sites excluding steroid dienone is 4. The Morgan fingerprint density at radius 1 is 1.62 bits per heavy atom. The second kappa shape index (κ2) is 3.67. The molecule has 0 aliphatic heterocycles. The van der Waals surface area contributed by atoms with E-state index in [-0.39, 0.29) is 10.7 Å². The first-order valence-corrected chi connectivity index (χ1v) is 4.97. The highest BCUT2D eigenvalue weighted by molar-refractivity contribution is 6.67. The van der Waals surface area contributed by atoms with Gasteiger partial charge in [0.15, 0.2) is 0 Å². The van der Waals surface area contributed by atoms with Gasteiger partial charge in [-0.1, -0.05) is 32.9 Å². The number of carbonyl (C=O) groups excluding carboxylic acids is 1. The van der Waals surface area contributed by atoms with Crippen LogP contribution in [-0.2, 0) is 4.79 Å². The number of halogens is 1. The van der Waals surface area contributed by atoms with Crippen molar-refractivity contribution in [3.63, 3.8) is 0 Å². The third-order valence-corrected chi connectivity index (χ3v) is 2.71. The van der Waals surface area contributed by atoms with Crippen LogP contribution in [0.1, 0.15) is 33.6 Å². The fraction of sp³-hybridized carbons (Fsp3) is 0.545. The van der Waals surface area contributed by atoms with Gasteiger partial charge in [-0.2, -0.15) is 0 Å². The Balaban J connectivity index is 3.19. The van der Waals surface area contributed by atoms with Crippen molar-refractivity contribution in [2.24, 2.45) is 5.41 Å². The molecule has 0 aromatic carbocycles. The molecule has 0 bridgehead atoms. The molecular formula is C11H15ClO. The molecule has 72 valence electrons. The van der Waals surface area contributed by atoms with Crippen LogP contribution >= 0.6 is 11.6 Å². The van der Waals surface area contributed by atoms with Crippen LogP contribution in [0.3, 0.4) is 0 Å². The smallest absolute Gasteiger partial charge is 0.249 e. The summed E-state index contributed by atoms with van der Waals surface area (Å²) in [4.78, 5) is 11.3. The summed E-state index contributed by atoms with van der Waals surface area (Å²) < 4.78 is 0. The van der Waals surface area contributed by atoms with E-state index in [2.05, 4.69) is 19.9 Å². The highest BCUT2D eigenvalue weighted by Gasteiger charge is 2.30. The van der Waals surface area contributed by atoms with E-state index in [9.17, 15) is 4.79 Å². The maximum atomic E-state index is 11.3. The highest BCUT2D eigenvalue weighted by Crippen LogP contribution is 2.38. The minimum absolute atomic E-state index is 0.0983. The molecule has 13 heavy (non-hydrogen) atoms. The standard InChI is InChI=1S/C11H15ClO/c1-4-8-6-5-7-11(2,3)9(8)10(12)13/h5-6H,4,7H2,1-3H3. The summed E-state index contributed by atoms with van der Waals surface area (Å²) in [5.74, 6) is 0. The highest BCUT2D eigenvalue weighted by atomic mass is 35.5. The Morgan fingerprint density at radius 2 is 2.23 bits per heavy atom. The van der Waals surface area contributed by atoms with Gasteiger partial charge in [-0.05, 0) is 35.4 Å². The molecule has 0 fully saturated rings. The lowest BCUT2D eigenvalue weighted by molar-refractivity contribution is -0.109. The second-order valence-electron chi connectivity index (χ2n) is 4.02.